The lowest BCUT2D eigenvalue weighted by Gasteiger charge is -2.28. The van der Waals surface area contributed by atoms with Crippen LogP contribution >= 0.6 is 0 Å². The van der Waals surface area contributed by atoms with E-state index in [1.807, 2.05) is 0 Å². The van der Waals surface area contributed by atoms with Crippen LogP contribution < -0.4 is 11.1 Å². The van der Waals surface area contributed by atoms with E-state index in [-0.39, 0.29) is 0 Å². The molecule has 17 heavy (non-hydrogen) atoms. The second kappa shape index (κ2) is 5.25. The fraction of sp³-hybridized carbons (Fsp3) is 1.00. The quantitative estimate of drug-likeness (QED) is 0.659. The first-order valence-electron chi connectivity index (χ1n) is 7.38. The summed E-state index contributed by atoms with van der Waals surface area (Å²) in [5, 5.41) is 3.53. The van der Waals surface area contributed by atoms with Gasteiger partial charge in [-0.3, -0.25) is 0 Å². The Morgan fingerprint density at radius 1 is 1.12 bits per heavy atom. The molecule has 4 unspecified atom stereocenters. The van der Waals surface area contributed by atoms with E-state index in [0.29, 0.717) is 6.04 Å². The molecule has 0 aromatic heterocycles. The molecule has 0 saturated heterocycles. The maximum atomic E-state index is 6.28. The number of hydrogen-bond donors (Lipinski definition) is 2. The third kappa shape index (κ3) is 2.83. The van der Waals surface area contributed by atoms with Crippen molar-refractivity contribution in [3.63, 3.8) is 0 Å². The zero-order valence-electron chi connectivity index (χ0n) is 10.7. The Bertz CT molecular complexity index is 253. The Morgan fingerprint density at radius 2 is 1.94 bits per heavy atom. The van der Waals surface area contributed by atoms with Crippen LogP contribution in [0.4, 0.5) is 0 Å². The Hall–Kier alpha value is -0.120. The topological polar surface area (TPSA) is 47.3 Å². The average molecular weight is 238 g/mol. The fourth-order valence-corrected chi connectivity index (χ4v) is 3.71. The van der Waals surface area contributed by atoms with Crippen LogP contribution in [0.5, 0.6) is 0 Å². The van der Waals surface area contributed by atoms with Crippen LogP contribution in [0.15, 0.2) is 0 Å². The predicted octanol–water partition coefficient (Wildman–Crippen LogP) is 1.38. The van der Waals surface area contributed by atoms with Gasteiger partial charge in [0.15, 0.2) is 0 Å². The lowest BCUT2D eigenvalue weighted by Crippen LogP contribution is -2.41. The van der Waals surface area contributed by atoms with Crippen LogP contribution in [0.25, 0.3) is 0 Å². The minimum Gasteiger partial charge on any atom is -0.380 e. The van der Waals surface area contributed by atoms with Gasteiger partial charge in [0, 0.05) is 19.2 Å². The van der Waals surface area contributed by atoms with Gasteiger partial charge in [-0.25, -0.2) is 0 Å². The van der Waals surface area contributed by atoms with Gasteiger partial charge in [-0.2, -0.15) is 0 Å². The number of hydrogen-bond acceptors (Lipinski definition) is 3. The molecule has 4 atom stereocenters. The zero-order chi connectivity index (χ0) is 11.7. The van der Waals surface area contributed by atoms with Crippen LogP contribution in [0.1, 0.15) is 32.1 Å². The van der Waals surface area contributed by atoms with E-state index in [9.17, 15) is 0 Å². The summed E-state index contributed by atoms with van der Waals surface area (Å²) in [7, 11) is 0. The largest absolute Gasteiger partial charge is 0.380 e. The predicted molar refractivity (Wildman–Crippen MR) is 68.7 cm³/mol. The van der Waals surface area contributed by atoms with Crippen LogP contribution in [-0.2, 0) is 4.74 Å². The highest BCUT2D eigenvalue weighted by Gasteiger charge is 2.45. The molecule has 0 aromatic carbocycles. The normalized spacial score (nSPS) is 40.1. The van der Waals surface area contributed by atoms with Gasteiger partial charge in [0.2, 0.25) is 0 Å². The van der Waals surface area contributed by atoms with Gasteiger partial charge in [-0.15, -0.1) is 0 Å². The van der Waals surface area contributed by atoms with Crippen LogP contribution in [-0.4, -0.2) is 32.3 Å². The average Bonchev–Trinajstić information content (AvgIpc) is 2.95. The molecule has 3 aliphatic carbocycles. The number of rotatable bonds is 7. The van der Waals surface area contributed by atoms with Crippen molar-refractivity contribution >= 4 is 0 Å². The SMILES string of the molecule is NC1C2CCC(C2)C1CNCCOCC1CC1. The van der Waals surface area contributed by atoms with Crippen LogP contribution in [0.2, 0.25) is 0 Å². The first kappa shape index (κ1) is 11.9. The highest BCUT2D eigenvalue weighted by atomic mass is 16.5. The van der Waals surface area contributed by atoms with Gasteiger partial charge in [0.25, 0.3) is 0 Å². The molecule has 0 aromatic rings. The Balaban J connectivity index is 1.26. The maximum Gasteiger partial charge on any atom is 0.0591 e. The van der Waals surface area contributed by atoms with Crippen molar-refractivity contribution in [2.75, 3.05) is 26.3 Å². The maximum absolute atomic E-state index is 6.28. The van der Waals surface area contributed by atoms with Crippen molar-refractivity contribution in [3.8, 4) is 0 Å². The smallest absolute Gasteiger partial charge is 0.0591 e. The second-order valence-corrected chi connectivity index (χ2v) is 6.30. The number of nitrogens with two attached hydrogens (primary N) is 1. The molecular weight excluding hydrogens is 212 g/mol. The van der Waals surface area contributed by atoms with Crippen molar-refractivity contribution < 1.29 is 4.74 Å². The van der Waals surface area contributed by atoms with Gasteiger partial charge in [0.05, 0.1) is 6.61 Å². The first-order valence-corrected chi connectivity index (χ1v) is 7.38. The van der Waals surface area contributed by atoms with Crippen molar-refractivity contribution in [3.05, 3.63) is 0 Å². The summed E-state index contributed by atoms with van der Waals surface area (Å²) in [4.78, 5) is 0. The lowest BCUT2D eigenvalue weighted by atomic mass is 9.85. The van der Waals surface area contributed by atoms with Crippen LogP contribution in [0, 0.1) is 23.7 Å². The summed E-state index contributed by atoms with van der Waals surface area (Å²) in [5.74, 6) is 3.36. The summed E-state index contributed by atoms with van der Waals surface area (Å²) < 4.78 is 5.62. The number of ether oxygens (including phenoxy) is 1. The summed E-state index contributed by atoms with van der Waals surface area (Å²) in [6.45, 7) is 3.95. The zero-order valence-corrected chi connectivity index (χ0v) is 10.7. The van der Waals surface area contributed by atoms with Gasteiger partial charge in [-0.1, -0.05) is 0 Å². The molecule has 3 heteroatoms. The molecule has 3 aliphatic rings. The molecule has 3 N–H and O–H groups in total. The van der Waals surface area contributed by atoms with Crippen molar-refractivity contribution in [2.24, 2.45) is 29.4 Å². The Morgan fingerprint density at radius 3 is 2.65 bits per heavy atom. The molecule has 98 valence electrons. The molecule has 0 spiro atoms. The molecular formula is C14H26N2O. The van der Waals surface area contributed by atoms with E-state index in [0.717, 1.165) is 50.0 Å². The molecule has 0 radical (unpaired) electrons. The molecule has 2 bridgehead atoms. The van der Waals surface area contributed by atoms with Crippen LogP contribution in [0.3, 0.4) is 0 Å². The highest BCUT2D eigenvalue weighted by molar-refractivity contribution is 4.99. The standard InChI is InChI=1S/C14H26N2O/c15-14-12-4-3-11(7-12)13(14)8-16-5-6-17-9-10-1-2-10/h10-14,16H,1-9,15H2. The lowest BCUT2D eigenvalue weighted by molar-refractivity contribution is 0.124. The molecule has 0 amide bonds. The van der Waals surface area contributed by atoms with Gasteiger partial charge in [-0.05, 0) is 62.3 Å². The van der Waals surface area contributed by atoms with Gasteiger partial charge < -0.3 is 15.8 Å². The van der Waals surface area contributed by atoms with Crippen molar-refractivity contribution in [1.29, 1.82) is 0 Å². The summed E-state index contributed by atoms with van der Waals surface area (Å²) in [5.41, 5.74) is 6.28. The van der Waals surface area contributed by atoms with Crippen molar-refractivity contribution in [1.82, 2.24) is 5.32 Å². The van der Waals surface area contributed by atoms with E-state index in [1.54, 1.807) is 0 Å². The summed E-state index contributed by atoms with van der Waals surface area (Å²) in [6, 6.07) is 0.466. The van der Waals surface area contributed by atoms with E-state index in [1.165, 1.54) is 32.1 Å². The molecule has 3 rings (SSSR count). The van der Waals surface area contributed by atoms with Gasteiger partial charge >= 0.3 is 0 Å². The Kier molecular flexibility index (Phi) is 3.69. The van der Waals surface area contributed by atoms with E-state index in [2.05, 4.69) is 5.32 Å². The summed E-state index contributed by atoms with van der Waals surface area (Å²) >= 11 is 0. The molecule has 0 aliphatic heterocycles. The monoisotopic (exact) mass is 238 g/mol. The number of fused-ring (bicyclic) bond motifs is 2. The summed E-state index contributed by atoms with van der Waals surface area (Å²) in [6.07, 6.45) is 6.96. The van der Waals surface area contributed by atoms with E-state index < -0.39 is 0 Å². The fourth-order valence-electron chi connectivity index (χ4n) is 3.71. The third-order valence-electron chi connectivity index (χ3n) is 5.01. The first-order chi connectivity index (χ1) is 8.34. The van der Waals surface area contributed by atoms with Crippen molar-refractivity contribution in [2.45, 2.75) is 38.1 Å². The van der Waals surface area contributed by atoms with Gasteiger partial charge in [0.1, 0.15) is 0 Å². The Labute approximate surface area is 104 Å². The minimum absolute atomic E-state index is 0.466. The van der Waals surface area contributed by atoms with E-state index in [4.69, 9.17) is 10.5 Å². The van der Waals surface area contributed by atoms with E-state index >= 15 is 0 Å². The third-order valence-corrected chi connectivity index (χ3v) is 5.01. The molecule has 3 saturated carbocycles. The number of nitrogens with one attached hydrogen (secondary N) is 1. The molecule has 3 fully saturated rings. The molecule has 3 nitrogen and oxygen atoms in total. The second-order valence-electron chi connectivity index (χ2n) is 6.30. The highest BCUT2D eigenvalue weighted by Crippen LogP contribution is 2.47. The molecule has 0 heterocycles. The minimum atomic E-state index is 0.466.